The van der Waals surface area contributed by atoms with E-state index >= 15 is 0 Å². The number of benzene rings is 2. The summed E-state index contributed by atoms with van der Waals surface area (Å²) in [6, 6.07) is 15.3. The number of amides is 3. The first-order valence-electron chi connectivity index (χ1n) is 12.0. The van der Waals surface area contributed by atoms with E-state index in [1.165, 1.54) is 12.8 Å². The molecule has 1 heterocycles. The van der Waals surface area contributed by atoms with E-state index in [0.29, 0.717) is 6.10 Å². The molecule has 0 spiro atoms. The molecule has 1 saturated carbocycles. The maximum Gasteiger partial charge on any atom is 0.323 e. The number of carbonyl (C=O) groups is 2. The van der Waals surface area contributed by atoms with Crippen molar-refractivity contribution in [3.05, 3.63) is 48.5 Å². The third kappa shape index (κ3) is 5.97. The number of carbonyl (C=O) groups excluding carboxylic acids is 2. The van der Waals surface area contributed by atoms with Crippen molar-refractivity contribution in [3.8, 4) is 5.75 Å². The third-order valence-corrected chi connectivity index (χ3v) is 6.56. The molecule has 2 fully saturated rings. The molecule has 2 N–H and O–H groups in total. The SMILES string of the molecule is CCN(C(C)=O)C1CCN(c2ccc(NC(=O)Nc3ccc(OC4CCCC4)cc3)cc2)C1. The Hall–Kier alpha value is -3.22. The normalized spacial score (nSPS) is 18.2. The lowest BCUT2D eigenvalue weighted by Gasteiger charge is -2.27. The van der Waals surface area contributed by atoms with E-state index in [4.69, 9.17) is 4.74 Å². The molecule has 1 unspecified atom stereocenters. The Morgan fingerprint density at radius 3 is 2.15 bits per heavy atom. The zero-order valence-electron chi connectivity index (χ0n) is 19.5. The number of hydrogen-bond acceptors (Lipinski definition) is 4. The van der Waals surface area contributed by atoms with E-state index in [0.717, 1.165) is 61.7 Å². The fourth-order valence-corrected chi connectivity index (χ4v) is 4.83. The van der Waals surface area contributed by atoms with Gasteiger partial charge in [0, 0.05) is 43.6 Å². The molecule has 2 aliphatic rings. The Morgan fingerprint density at radius 1 is 0.970 bits per heavy atom. The van der Waals surface area contributed by atoms with E-state index in [1.807, 2.05) is 60.4 Å². The largest absolute Gasteiger partial charge is 0.490 e. The number of likely N-dealkylation sites (N-methyl/N-ethyl adjacent to an activating group) is 1. The standard InChI is InChI=1S/C26H34N4O3/c1-3-30(19(2)31)23-16-17-29(18-23)22-12-8-20(9-13-22)27-26(32)28-21-10-14-25(15-11-21)33-24-6-4-5-7-24/h8-15,23-24H,3-7,16-18H2,1-2H3,(H2,27,28,32). The highest BCUT2D eigenvalue weighted by molar-refractivity contribution is 5.99. The first-order chi connectivity index (χ1) is 16.0. The van der Waals surface area contributed by atoms with E-state index in [2.05, 4.69) is 15.5 Å². The third-order valence-electron chi connectivity index (χ3n) is 6.56. The monoisotopic (exact) mass is 450 g/mol. The van der Waals surface area contributed by atoms with E-state index in [1.54, 1.807) is 6.92 Å². The maximum atomic E-state index is 12.4. The van der Waals surface area contributed by atoms with Crippen LogP contribution in [0, 0.1) is 0 Å². The van der Waals surface area contributed by atoms with Crippen LogP contribution in [0.3, 0.4) is 0 Å². The van der Waals surface area contributed by atoms with Gasteiger partial charge < -0.3 is 25.2 Å². The van der Waals surface area contributed by atoms with Crippen molar-refractivity contribution in [1.82, 2.24) is 4.90 Å². The van der Waals surface area contributed by atoms with Gasteiger partial charge in [-0.3, -0.25) is 4.79 Å². The number of ether oxygens (including phenoxy) is 1. The Bertz CT molecular complexity index is 939. The molecule has 33 heavy (non-hydrogen) atoms. The van der Waals surface area contributed by atoms with Crippen LogP contribution >= 0.6 is 0 Å². The molecular weight excluding hydrogens is 416 g/mol. The van der Waals surface area contributed by atoms with Gasteiger partial charge in [0.15, 0.2) is 0 Å². The smallest absolute Gasteiger partial charge is 0.323 e. The lowest BCUT2D eigenvalue weighted by Crippen LogP contribution is -2.40. The summed E-state index contributed by atoms with van der Waals surface area (Å²) in [6.07, 6.45) is 6.01. The highest BCUT2D eigenvalue weighted by Gasteiger charge is 2.28. The van der Waals surface area contributed by atoms with Crippen molar-refractivity contribution in [2.24, 2.45) is 0 Å². The lowest BCUT2D eigenvalue weighted by atomic mass is 10.2. The molecule has 0 bridgehead atoms. The van der Waals surface area contributed by atoms with E-state index in [-0.39, 0.29) is 18.0 Å². The summed E-state index contributed by atoms with van der Waals surface area (Å²) in [5.41, 5.74) is 2.55. The molecule has 2 aromatic carbocycles. The van der Waals surface area contributed by atoms with Crippen molar-refractivity contribution < 1.29 is 14.3 Å². The van der Waals surface area contributed by atoms with Gasteiger partial charge in [-0.25, -0.2) is 4.79 Å². The Labute approximate surface area is 196 Å². The molecule has 0 aromatic heterocycles. The second-order valence-corrected chi connectivity index (χ2v) is 8.87. The van der Waals surface area contributed by atoms with Gasteiger partial charge >= 0.3 is 6.03 Å². The second kappa shape index (κ2) is 10.6. The van der Waals surface area contributed by atoms with Crippen molar-refractivity contribution in [2.75, 3.05) is 35.2 Å². The Balaban J connectivity index is 1.26. The molecule has 1 atom stereocenters. The summed E-state index contributed by atoms with van der Waals surface area (Å²) in [4.78, 5) is 28.5. The Kier molecular flexibility index (Phi) is 7.37. The molecule has 1 aliphatic carbocycles. The summed E-state index contributed by atoms with van der Waals surface area (Å²) >= 11 is 0. The highest BCUT2D eigenvalue weighted by Crippen LogP contribution is 2.26. The Morgan fingerprint density at radius 2 is 1.58 bits per heavy atom. The number of rotatable bonds is 7. The van der Waals surface area contributed by atoms with Crippen LogP contribution in [-0.2, 0) is 4.79 Å². The van der Waals surface area contributed by atoms with Crippen molar-refractivity contribution >= 4 is 29.0 Å². The van der Waals surface area contributed by atoms with Crippen LogP contribution in [0.1, 0.15) is 46.0 Å². The van der Waals surface area contributed by atoms with Gasteiger partial charge in [0.1, 0.15) is 5.75 Å². The van der Waals surface area contributed by atoms with Crippen LogP contribution in [0.2, 0.25) is 0 Å². The highest BCUT2D eigenvalue weighted by atomic mass is 16.5. The molecule has 1 aliphatic heterocycles. The number of nitrogens with one attached hydrogen (secondary N) is 2. The molecule has 0 radical (unpaired) electrons. The predicted octanol–water partition coefficient (Wildman–Crippen LogP) is 5.10. The average Bonchev–Trinajstić information content (AvgIpc) is 3.49. The van der Waals surface area contributed by atoms with Gasteiger partial charge in [0.05, 0.1) is 12.1 Å². The minimum Gasteiger partial charge on any atom is -0.490 e. The summed E-state index contributed by atoms with van der Waals surface area (Å²) in [5.74, 6) is 0.976. The minimum atomic E-state index is -0.284. The average molecular weight is 451 g/mol. The first kappa shape index (κ1) is 23.0. The minimum absolute atomic E-state index is 0.130. The molecule has 2 aromatic rings. The molecule has 7 heteroatoms. The maximum absolute atomic E-state index is 12.4. The van der Waals surface area contributed by atoms with Crippen LogP contribution in [0.5, 0.6) is 5.75 Å². The number of hydrogen-bond donors (Lipinski definition) is 2. The van der Waals surface area contributed by atoms with Gasteiger partial charge in [-0.15, -0.1) is 0 Å². The van der Waals surface area contributed by atoms with E-state index < -0.39 is 0 Å². The van der Waals surface area contributed by atoms with Gasteiger partial charge in [-0.2, -0.15) is 0 Å². The van der Waals surface area contributed by atoms with Gasteiger partial charge in [0.2, 0.25) is 5.91 Å². The van der Waals surface area contributed by atoms with Gasteiger partial charge in [0.25, 0.3) is 0 Å². The van der Waals surface area contributed by atoms with E-state index in [9.17, 15) is 9.59 Å². The lowest BCUT2D eigenvalue weighted by molar-refractivity contribution is -0.130. The summed E-state index contributed by atoms with van der Waals surface area (Å²) in [6.45, 7) is 6.15. The zero-order chi connectivity index (χ0) is 23.2. The van der Waals surface area contributed by atoms with Crippen LogP contribution in [0.15, 0.2) is 48.5 Å². The van der Waals surface area contributed by atoms with Crippen molar-refractivity contribution in [3.63, 3.8) is 0 Å². The molecule has 176 valence electrons. The molecule has 1 saturated heterocycles. The quantitative estimate of drug-likeness (QED) is 0.616. The molecule has 7 nitrogen and oxygen atoms in total. The molecule has 4 rings (SSSR count). The second-order valence-electron chi connectivity index (χ2n) is 8.87. The first-order valence-corrected chi connectivity index (χ1v) is 12.0. The summed E-state index contributed by atoms with van der Waals surface area (Å²) in [7, 11) is 0. The topological polar surface area (TPSA) is 73.9 Å². The fraction of sp³-hybridized carbons (Fsp3) is 0.462. The zero-order valence-corrected chi connectivity index (χ0v) is 19.5. The van der Waals surface area contributed by atoms with Gasteiger partial charge in [-0.05, 0) is 87.6 Å². The predicted molar refractivity (Wildman–Crippen MR) is 132 cm³/mol. The number of anilines is 3. The summed E-state index contributed by atoms with van der Waals surface area (Å²) in [5, 5.41) is 5.74. The summed E-state index contributed by atoms with van der Waals surface area (Å²) < 4.78 is 5.97. The van der Waals surface area contributed by atoms with Crippen molar-refractivity contribution in [2.45, 2.75) is 58.1 Å². The fourth-order valence-electron chi connectivity index (χ4n) is 4.83. The number of urea groups is 1. The number of nitrogens with zero attached hydrogens (tertiary/aromatic N) is 2. The van der Waals surface area contributed by atoms with Crippen LogP contribution in [-0.4, -0.2) is 48.6 Å². The van der Waals surface area contributed by atoms with Crippen LogP contribution in [0.25, 0.3) is 0 Å². The van der Waals surface area contributed by atoms with Gasteiger partial charge in [-0.1, -0.05) is 0 Å². The molecular formula is C26H34N4O3. The van der Waals surface area contributed by atoms with Crippen LogP contribution < -0.4 is 20.3 Å². The molecule has 3 amide bonds. The van der Waals surface area contributed by atoms with Crippen LogP contribution in [0.4, 0.5) is 21.9 Å². The van der Waals surface area contributed by atoms with Crippen molar-refractivity contribution in [1.29, 1.82) is 0 Å².